The average Bonchev–Trinajstić information content (AvgIpc) is 3.35. The van der Waals surface area contributed by atoms with Crippen molar-refractivity contribution in [3.8, 4) is 5.75 Å². The molecule has 2 atom stereocenters. The second-order valence-corrected chi connectivity index (χ2v) is 9.18. The number of rotatable bonds is 6. The number of nitrogens with zero attached hydrogens (tertiary/aromatic N) is 1. The molecule has 1 heterocycles. The van der Waals surface area contributed by atoms with Crippen LogP contribution in [0.4, 0.5) is 5.69 Å². The Morgan fingerprint density at radius 2 is 1.89 bits per heavy atom. The minimum atomic E-state index is -3.69. The highest BCUT2D eigenvalue weighted by Gasteiger charge is 2.75. The smallest absolute Gasteiger partial charge is 0.247 e. The third-order valence-electron chi connectivity index (χ3n) is 5.28. The topological polar surface area (TPSA) is 75.7 Å². The second kappa shape index (κ2) is 6.65. The molecule has 6 nitrogen and oxygen atoms in total. The van der Waals surface area contributed by atoms with Crippen molar-refractivity contribution in [3.63, 3.8) is 0 Å². The van der Waals surface area contributed by atoms with Crippen LogP contribution in [0.2, 0.25) is 0 Å². The quantitative estimate of drug-likeness (QED) is 0.828. The van der Waals surface area contributed by atoms with E-state index in [0.29, 0.717) is 37.6 Å². The van der Waals surface area contributed by atoms with Gasteiger partial charge in [-0.15, -0.1) is 0 Å². The fourth-order valence-electron chi connectivity index (χ4n) is 3.78. The Balaban J connectivity index is 1.49. The lowest BCUT2D eigenvalue weighted by atomic mass is 10.2. The summed E-state index contributed by atoms with van der Waals surface area (Å²) < 4.78 is 31.7. The van der Waals surface area contributed by atoms with Crippen LogP contribution in [0, 0.1) is 5.92 Å². The molecule has 0 bridgehead atoms. The highest BCUT2D eigenvalue weighted by Crippen LogP contribution is 2.58. The molecule has 1 amide bonds. The fourth-order valence-corrected chi connectivity index (χ4v) is 6.13. The summed E-state index contributed by atoms with van der Waals surface area (Å²) in [6.45, 7) is 3.16. The van der Waals surface area contributed by atoms with Crippen LogP contribution >= 0.6 is 0 Å². The molecule has 0 spiro atoms. The summed E-state index contributed by atoms with van der Waals surface area (Å²) in [5.41, 5.74) is 1.49. The highest BCUT2D eigenvalue weighted by atomic mass is 32.2. The summed E-state index contributed by atoms with van der Waals surface area (Å²) in [6.07, 6.45) is 0.392. The first-order valence-corrected chi connectivity index (χ1v) is 10.5. The number of nitrogens with one attached hydrogen (secondary N) is 1. The van der Waals surface area contributed by atoms with Crippen LogP contribution in [0.15, 0.2) is 54.6 Å². The molecule has 1 aliphatic heterocycles. The molecule has 1 aliphatic carbocycles. The molecule has 7 heteroatoms. The summed E-state index contributed by atoms with van der Waals surface area (Å²) in [5, 5.41) is 2.78. The van der Waals surface area contributed by atoms with Crippen LogP contribution in [0.3, 0.4) is 0 Å². The summed E-state index contributed by atoms with van der Waals surface area (Å²) in [6, 6.07) is 16.4. The SMILES string of the molecule is CCOc1ccc(NC(=O)[C@@]23C[C@@H]2CN(Cc2ccccc2)S3(=O)=O)cc1. The zero-order valence-corrected chi connectivity index (χ0v) is 15.9. The van der Waals surface area contributed by atoms with Gasteiger partial charge in [-0.1, -0.05) is 30.3 Å². The number of amides is 1. The van der Waals surface area contributed by atoms with Gasteiger partial charge in [-0.05, 0) is 43.2 Å². The van der Waals surface area contributed by atoms with Gasteiger partial charge >= 0.3 is 0 Å². The molecule has 2 aliphatic rings. The van der Waals surface area contributed by atoms with E-state index in [0.717, 1.165) is 5.56 Å². The van der Waals surface area contributed by atoms with Crippen molar-refractivity contribution in [1.29, 1.82) is 0 Å². The van der Waals surface area contributed by atoms with Crippen LogP contribution in [-0.2, 0) is 21.4 Å². The molecule has 4 rings (SSSR count). The van der Waals surface area contributed by atoms with Crippen LogP contribution in [0.25, 0.3) is 0 Å². The molecule has 2 aromatic rings. The molecular weight excluding hydrogens is 364 g/mol. The molecule has 0 unspecified atom stereocenters. The van der Waals surface area contributed by atoms with Crippen molar-refractivity contribution in [2.24, 2.45) is 5.92 Å². The van der Waals surface area contributed by atoms with Crippen LogP contribution in [-0.4, -0.2) is 36.5 Å². The van der Waals surface area contributed by atoms with Gasteiger partial charge in [0.15, 0.2) is 4.75 Å². The van der Waals surface area contributed by atoms with Crippen LogP contribution in [0.5, 0.6) is 5.75 Å². The van der Waals surface area contributed by atoms with E-state index in [4.69, 9.17) is 4.74 Å². The Morgan fingerprint density at radius 3 is 2.56 bits per heavy atom. The van der Waals surface area contributed by atoms with Gasteiger partial charge in [0, 0.05) is 24.7 Å². The zero-order valence-electron chi connectivity index (χ0n) is 15.1. The maximum Gasteiger partial charge on any atom is 0.247 e. The minimum Gasteiger partial charge on any atom is -0.494 e. The Kier molecular flexibility index (Phi) is 4.44. The fraction of sp³-hybridized carbons (Fsp3) is 0.350. The maximum absolute atomic E-state index is 13.1. The Morgan fingerprint density at radius 1 is 1.19 bits per heavy atom. The predicted octanol–water partition coefficient (Wildman–Crippen LogP) is 2.63. The number of carbonyl (C=O) groups is 1. The number of ether oxygens (including phenoxy) is 1. The number of benzene rings is 2. The summed E-state index contributed by atoms with van der Waals surface area (Å²) in [4.78, 5) is 12.9. The molecule has 27 heavy (non-hydrogen) atoms. The van der Waals surface area contributed by atoms with Crippen LogP contribution in [0.1, 0.15) is 18.9 Å². The van der Waals surface area contributed by atoms with Gasteiger partial charge in [-0.2, -0.15) is 4.31 Å². The Hall–Kier alpha value is -2.38. The van der Waals surface area contributed by atoms with Crippen molar-refractivity contribution in [2.45, 2.75) is 24.6 Å². The second-order valence-electron chi connectivity index (χ2n) is 6.99. The standard InChI is InChI=1S/C20H22N2O4S/c1-2-26-18-10-8-17(9-11-18)21-19(23)20-12-16(20)14-22(27(20,24)25)13-15-6-4-3-5-7-15/h3-11,16H,2,12-14H2,1H3,(H,21,23)/t16-,20-/m1/s1. The van der Waals surface area contributed by atoms with Gasteiger partial charge in [0.2, 0.25) is 15.9 Å². The molecule has 1 saturated carbocycles. The number of sulfonamides is 1. The first kappa shape index (κ1) is 18.0. The van der Waals surface area contributed by atoms with Gasteiger partial charge in [-0.25, -0.2) is 8.42 Å². The van der Waals surface area contributed by atoms with Gasteiger partial charge in [0.1, 0.15) is 5.75 Å². The van der Waals surface area contributed by atoms with Gasteiger partial charge in [-0.3, -0.25) is 4.79 Å². The number of hydrogen-bond acceptors (Lipinski definition) is 4. The van der Waals surface area contributed by atoms with Crippen molar-refractivity contribution in [3.05, 3.63) is 60.2 Å². The van der Waals surface area contributed by atoms with E-state index >= 15 is 0 Å². The van der Waals surface area contributed by atoms with Crippen molar-refractivity contribution >= 4 is 21.6 Å². The summed E-state index contributed by atoms with van der Waals surface area (Å²) >= 11 is 0. The average molecular weight is 386 g/mol. The lowest BCUT2D eigenvalue weighted by Crippen LogP contribution is -2.41. The molecule has 0 aromatic heterocycles. The Bertz CT molecular complexity index is 944. The molecule has 2 aromatic carbocycles. The predicted molar refractivity (Wildman–Crippen MR) is 103 cm³/mol. The molecule has 0 radical (unpaired) electrons. The monoisotopic (exact) mass is 386 g/mol. The van der Waals surface area contributed by atoms with E-state index in [9.17, 15) is 13.2 Å². The molecule has 142 valence electrons. The lowest BCUT2D eigenvalue weighted by Gasteiger charge is -2.21. The minimum absolute atomic E-state index is 0.145. The number of fused-ring (bicyclic) bond motifs is 1. The van der Waals surface area contributed by atoms with E-state index in [1.807, 2.05) is 37.3 Å². The molecular formula is C20H22N2O4S. The van der Waals surface area contributed by atoms with Gasteiger partial charge in [0.05, 0.1) is 6.61 Å². The van der Waals surface area contributed by atoms with Crippen molar-refractivity contribution in [1.82, 2.24) is 4.31 Å². The third-order valence-corrected chi connectivity index (χ3v) is 7.85. The number of anilines is 1. The zero-order chi connectivity index (χ0) is 19.1. The van der Waals surface area contributed by atoms with E-state index in [1.165, 1.54) is 4.31 Å². The van der Waals surface area contributed by atoms with E-state index < -0.39 is 20.7 Å². The van der Waals surface area contributed by atoms with E-state index in [1.54, 1.807) is 24.3 Å². The number of hydrogen-bond donors (Lipinski definition) is 1. The summed E-state index contributed by atoms with van der Waals surface area (Å²) in [7, 11) is -3.69. The van der Waals surface area contributed by atoms with Crippen LogP contribution < -0.4 is 10.1 Å². The van der Waals surface area contributed by atoms with Crippen molar-refractivity contribution in [2.75, 3.05) is 18.5 Å². The van der Waals surface area contributed by atoms with Gasteiger partial charge in [0.25, 0.3) is 0 Å². The largest absolute Gasteiger partial charge is 0.494 e. The van der Waals surface area contributed by atoms with Crippen molar-refractivity contribution < 1.29 is 17.9 Å². The molecule has 2 fully saturated rings. The number of carbonyl (C=O) groups excluding carboxylic acids is 1. The highest BCUT2D eigenvalue weighted by molar-refractivity contribution is 7.92. The molecule has 1 N–H and O–H groups in total. The first-order valence-electron chi connectivity index (χ1n) is 9.05. The normalized spacial score (nSPS) is 25.6. The lowest BCUT2D eigenvalue weighted by molar-refractivity contribution is -0.116. The van der Waals surface area contributed by atoms with Gasteiger partial charge < -0.3 is 10.1 Å². The molecule has 1 saturated heterocycles. The van der Waals surface area contributed by atoms with E-state index in [2.05, 4.69) is 5.32 Å². The Labute approximate surface area is 159 Å². The maximum atomic E-state index is 13.1. The summed E-state index contributed by atoms with van der Waals surface area (Å²) in [5.74, 6) is 0.126. The first-order chi connectivity index (χ1) is 13.0. The third kappa shape index (κ3) is 3.00. The van der Waals surface area contributed by atoms with E-state index in [-0.39, 0.29) is 5.92 Å².